The molecule has 0 aromatic heterocycles. The van der Waals surface area contributed by atoms with Crippen LogP contribution in [0.3, 0.4) is 0 Å². The van der Waals surface area contributed by atoms with Gasteiger partial charge in [0.05, 0.1) is 18.8 Å². The van der Waals surface area contributed by atoms with E-state index < -0.39 is 0 Å². The quantitative estimate of drug-likeness (QED) is 0.649. The van der Waals surface area contributed by atoms with Crippen molar-refractivity contribution >= 4 is 17.5 Å². The third-order valence-corrected chi connectivity index (χ3v) is 6.74. The molecule has 0 saturated heterocycles. The van der Waals surface area contributed by atoms with Crippen LogP contribution in [0.15, 0.2) is 42.5 Å². The molecular weight excluding hydrogens is 458 g/mol. The van der Waals surface area contributed by atoms with Crippen molar-refractivity contribution in [2.75, 3.05) is 46.3 Å². The second kappa shape index (κ2) is 12.7. The average Bonchev–Trinajstić information content (AvgIpc) is 2.89. The zero-order chi connectivity index (χ0) is 26.2. The second-order valence-electron chi connectivity index (χ2n) is 9.45. The monoisotopic (exact) mass is 497 g/mol. The molecule has 1 aliphatic heterocycles. The summed E-state index contributed by atoms with van der Waals surface area (Å²) < 4.78 is 17.7. The summed E-state index contributed by atoms with van der Waals surface area (Å²) in [4.78, 5) is 29.4. The Hall–Kier alpha value is -3.10. The van der Waals surface area contributed by atoms with Gasteiger partial charge in [0.2, 0.25) is 5.91 Å². The molecule has 8 heteroatoms. The number of anilines is 1. The normalized spacial score (nSPS) is 21.6. The van der Waals surface area contributed by atoms with Crippen molar-refractivity contribution in [1.82, 2.24) is 9.80 Å². The lowest BCUT2D eigenvalue weighted by atomic mass is 10.0. The van der Waals surface area contributed by atoms with Crippen LogP contribution in [0.1, 0.15) is 43.1 Å². The Labute approximate surface area is 214 Å². The minimum Gasteiger partial charge on any atom is -0.496 e. The third-order valence-electron chi connectivity index (χ3n) is 6.74. The molecule has 1 heterocycles. The van der Waals surface area contributed by atoms with Gasteiger partial charge in [0, 0.05) is 57.5 Å². The summed E-state index contributed by atoms with van der Waals surface area (Å²) in [6.45, 7) is 8.33. The number of fused-ring (bicyclic) bond motifs is 1. The maximum absolute atomic E-state index is 13.4. The summed E-state index contributed by atoms with van der Waals surface area (Å²) in [5.74, 6) is 1.21. The van der Waals surface area contributed by atoms with Crippen LogP contribution in [0, 0.1) is 5.92 Å². The van der Waals surface area contributed by atoms with Crippen LogP contribution in [0.2, 0.25) is 0 Å². The maximum Gasteiger partial charge on any atom is 0.257 e. The van der Waals surface area contributed by atoms with Crippen LogP contribution in [-0.2, 0) is 16.1 Å². The minimum atomic E-state index is -0.175. The molecule has 8 nitrogen and oxygen atoms in total. The number of carbonyl (C=O) groups excluding carboxylic acids is 2. The number of nitrogens with zero attached hydrogens (tertiary/aromatic N) is 2. The molecule has 1 N–H and O–H groups in total. The van der Waals surface area contributed by atoms with E-state index in [0.717, 1.165) is 17.9 Å². The molecular formula is C28H39N3O5. The van der Waals surface area contributed by atoms with Crippen LogP contribution in [0.4, 0.5) is 5.69 Å². The van der Waals surface area contributed by atoms with Crippen LogP contribution < -0.4 is 14.8 Å². The molecule has 1 aliphatic rings. The van der Waals surface area contributed by atoms with Gasteiger partial charge in [-0.05, 0) is 37.1 Å². The van der Waals surface area contributed by atoms with Gasteiger partial charge in [-0.2, -0.15) is 0 Å². The zero-order valence-corrected chi connectivity index (χ0v) is 22.2. The number of rotatable bonds is 6. The van der Waals surface area contributed by atoms with Crippen molar-refractivity contribution in [3.05, 3.63) is 53.6 Å². The van der Waals surface area contributed by atoms with Gasteiger partial charge < -0.3 is 24.4 Å². The number of hydrogen-bond donors (Lipinski definition) is 1. The molecule has 0 fully saturated rings. The molecule has 0 spiro atoms. The standard InChI is InChI=1S/C28H39N3O5/c1-7-27(32)29-22-12-13-25-23(14-22)28(33)30(4)17-26(35-6)19(2)15-31(20(3)18-36-25)16-21-10-8-9-11-24(21)34-5/h8-14,19-20,26H,7,15-18H2,1-6H3,(H,29,32)/t19-,20-,26-/m0/s1. The molecule has 2 aromatic carbocycles. The van der Waals surface area contributed by atoms with Gasteiger partial charge in [0.25, 0.3) is 5.91 Å². The Bertz CT molecular complexity index is 1040. The predicted octanol–water partition coefficient (Wildman–Crippen LogP) is 4.05. The lowest BCUT2D eigenvalue weighted by Crippen LogP contribution is -2.46. The molecule has 3 atom stereocenters. The molecule has 0 bridgehead atoms. The number of nitrogens with one attached hydrogen (secondary N) is 1. The van der Waals surface area contributed by atoms with Gasteiger partial charge in [-0.3, -0.25) is 14.5 Å². The number of methoxy groups -OCH3 is 2. The number of likely N-dealkylation sites (N-methyl/N-ethyl adjacent to an activating group) is 1. The summed E-state index contributed by atoms with van der Waals surface area (Å²) in [6, 6.07) is 13.3. The largest absolute Gasteiger partial charge is 0.496 e. The van der Waals surface area contributed by atoms with Gasteiger partial charge in [-0.15, -0.1) is 0 Å². The molecule has 36 heavy (non-hydrogen) atoms. The number of amides is 2. The van der Waals surface area contributed by atoms with E-state index in [-0.39, 0.29) is 29.9 Å². The highest BCUT2D eigenvalue weighted by molar-refractivity contribution is 5.99. The summed E-state index contributed by atoms with van der Waals surface area (Å²) in [7, 11) is 5.14. The lowest BCUT2D eigenvalue weighted by molar-refractivity contribution is -0.115. The van der Waals surface area contributed by atoms with E-state index in [2.05, 4.69) is 30.1 Å². The van der Waals surface area contributed by atoms with Crippen LogP contribution in [0.25, 0.3) is 0 Å². The molecule has 0 aliphatic carbocycles. The highest BCUT2D eigenvalue weighted by Gasteiger charge is 2.29. The highest BCUT2D eigenvalue weighted by Crippen LogP contribution is 2.27. The molecule has 0 saturated carbocycles. The first-order valence-corrected chi connectivity index (χ1v) is 12.5. The fourth-order valence-electron chi connectivity index (χ4n) is 4.45. The fraction of sp³-hybridized carbons (Fsp3) is 0.500. The highest BCUT2D eigenvalue weighted by atomic mass is 16.5. The number of carbonyl (C=O) groups is 2. The second-order valence-corrected chi connectivity index (χ2v) is 9.45. The molecule has 196 valence electrons. The lowest BCUT2D eigenvalue weighted by Gasteiger charge is -2.36. The topological polar surface area (TPSA) is 80.3 Å². The smallest absolute Gasteiger partial charge is 0.257 e. The number of para-hydroxylation sites is 1. The van der Waals surface area contributed by atoms with Crippen LogP contribution in [0.5, 0.6) is 11.5 Å². The molecule has 2 aromatic rings. The van der Waals surface area contributed by atoms with E-state index in [0.29, 0.717) is 43.1 Å². The van der Waals surface area contributed by atoms with E-state index in [4.69, 9.17) is 14.2 Å². The Kier molecular flexibility index (Phi) is 9.73. The average molecular weight is 498 g/mol. The summed E-state index contributed by atoms with van der Waals surface area (Å²) >= 11 is 0. The van der Waals surface area contributed by atoms with Crippen LogP contribution >= 0.6 is 0 Å². The molecule has 0 radical (unpaired) electrons. The van der Waals surface area contributed by atoms with Gasteiger partial charge in [-0.1, -0.05) is 32.0 Å². The fourth-order valence-corrected chi connectivity index (χ4v) is 4.45. The predicted molar refractivity (Wildman–Crippen MR) is 141 cm³/mol. The first-order chi connectivity index (χ1) is 17.3. The zero-order valence-electron chi connectivity index (χ0n) is 22.2. The molecule has 3 rings (SSSR count). The number of hydrogen-bond acceptors (Lipinski definition) is 6. The van der Waals surface area contributed by atoms with E-state index in [1.165, 1.54) is 0 Å². The van der Waals surface area contributed by atoms with Crippen molar-refractivity contribution < 1.29 is 23.8 Å². The van der Waals surface area contributed by atoms with Crippen LogP contribution in [-0.4, -0.2) is 74.7 Å². The number of benzene rings is 2. The van der Waals surface area contributed by atoms with Gasteiger partial charge >= 0.3 is 0 Å². The first kappa shape index (κ1) is 27.5. The summed E-state index contributed by atoms with van der Waals surface area (Å²) in [6.07, 6.45) is 0.201. The van der Waals surface area contributed by atoms with E-state index in [9.17, 15) is 9.59 Å². The first-order valence-electron chi connectivity index (χ1n) is 12.5. The van der Waals surface area contributed by atoms with E-state index in [1.54, 1.807) is 51.3 Å². The SMILES string of the molecule is CCC(=O)Nc1ccc2c(c1)C(=O)N(C)C[C@H](OC)[C@@H](C)CN(Cc1ccccc1OC)[C@@H](C)CO2. The third kappa shape index (κ3) is 6.77. The molecule has 0 unspecified atom stereocenters. The Morgan fingerprint density at radius 1 is 1.14 bits per heavy atom. The Morgan fingerprint density at radius 3 is 2.58 bits per heavy atom. The Morgan fingerprint density at radius 2 is 1.89 bits per heavy atom. The minimum absolute atomic E-state index is 0.0504. The van der Waals surface area contributed by atoms with E-state index >= 15 is 0 Å². The van der Waals surface area contributed by atoms with Crippen molar-refractivity contribution in [3.63, 3.8) is 0 Å². The summed E-state index contributed by atoms with van der Waals surface area (Å²) in [5.41, 5.74) is 2.09. The van der Waals surface area contributed by atoms with Gasteiger partial charge in [-0.25, -0.2) is 0 Å². The Balaban J connectivity index is 1.95. The van der Waals surface area contributed by atoms with E-state index in [1.807, 2.05) is 18.2 Å². The van der Waals surface area contributed by atoms with Crippen molar-refractivity contribution in [1.29, 1.82) is 0 Å². The van der Waals surface area contributed by atoms with Crippen molar-refractivity contribution in [2.45, 2.75) is 45.9 Å². The van der Waals surface area contributed by atoms with Gasteiger partial charge in [0.1, 0.15) is 18.1 Å². The van der Waals surface area contributed by atoms with Crippen molar-refractivity contribution in [2.24, 2.45) is 5.92 Å². The molecule has 2 amide bonds. The van der Waals surface area contributed by atoms with Crippen molar-refractivity contribution in [3.8, 4) is 11.5 Å². The maximum atomic E-state index is 13.4. The summed E-state index contributed by atoms with van der Waals surface area (Å²) in [5, 5.41) is 2.83. The van der Waals surface area contributed by atoms with Gasteiger partial charge in [0.15, 0.2) is 0 Å². The number of ether oxygens (including phenoxy) is 3.